The summed E-state index contributed by atoms with van der Waals surface area (Å²) in [7, 11) is 0. The quantitative estimate of drug-likeness (QED) is 0.810. The van der Waals surface area contributed by atoms with E-state index in [1.807, 2.05) is 42.5 Å². The minimum Gasteiger partial charge on any atom is -0.488 e. The summed E-state index contributed by atoms with van der Waals surface area (Å²) < 4.78 is 5.77. The maximum absolute atomic E-state index is 8.90. The maximum atomic E-state index is 8.90. The fraction of sp³-hybridized carbons (Fsp3) is 0.118. The van der Waals surface area contributed by atoms with Gasteiger partial charge in [0.15, 0.2) is 0 Å². The molecule has 0 spiro atoms. The van der Waals surface area contributed by atoms with Gasteiger partial charge < -0.3 is 4.74 Å². The second-order valence-corrected chi connectivity index (χ2v) is 4.49. The number of rotatable bonds is 2. The molecular formula is C17H13NO. The van der Waals surface area contributed by atoms with E-state index in [4.69, 9.17) is 10.00 Å². The van der Waals surface area contributed by atoms with Gasteiger partial charge in [-0.15, -0.1) is 0 Å². The van der Waals surface area contributed by atoms with Crippen molar-refractivity contribution in [2.45, 2.75) is 6.42 Å². The molecule has 0 fully saturated rings. The van der Waals surface area contributed by atoms with Gasteiger partial charge >= 0.3 is 0 Å². The highest BCUT2D eigenvalue weighted by molar-refractivity contribution is 5.86. The van der Waals surface area contributed by atoms with Crippen molar-refractivity contribution in [3.8, 4) is 11.8 Å². The molecule has 1 heterocycles. The lowest BCUT2D eigenvalue weighted by Crippen LogP contribution is -2.07. The van der Waals surface area contributed by atoms with E-state index in [1.54, 1.807) is 0 Å². The van der Waals surface area contributed by atoms with Crippen LogP contribution in [0, 0.1) is 11.3 Å². The zero-order chi connectivity index (χ0) is 13.1. The summed E-state index contributed by atoms with van der Waals surface area (Å²) in [4.78, 5) is 0. The van der Waals surface area contributed by atoms with Crippen LogP contribution in [0.3, 0.4) is 0 Å². The van der Waals surface area contributed by atoms with Crippen molar-refractivity contribution in [2.75, 3.05) is 6.61 Å². The van der Waals surface area contributed by atoms with Crippen molar-refractivity contribution in [2.24, 2.45) is 0 Å². The second-order valence-electron chi connectivity index (χ2n) is 4.49. The molecule has 0 bridgehead atoms. The van der Waals surface area contributed by atoms with E-state index >= 15 is 0 Å². The topological polar surface area (TPSA) is 33.0 Å². The van der Waals surface area contributed by atoms with E-state index in [-0.39, 0.29) is 0 Å². The second kappa shape index (κ2) is 4.99. The minimum atomic E-state index is 0.426. The molecule has 0 aromatic heterocycles. The van der Waals surface area contributed by atoms with Crippen LogP contribution in [0.4, 0.5) is 0 Å². The molecule has 2 aromatic rings. The first-order valence-electron chi connectivity index (χ1n) is 6.26. The molecule has 2 aromatic carbocycles. The third kappa shape index (κ3) is 2.23. The van der Waals surface area contributed by atoms with E-state index in [1.165, 1.54) is 0 Å². The summed E-state index contributed by atoms with van der Waals surface area (Å²) in [5.74, 6) is 0.920. The van der Waals surface area contributed by atoms with Gasteiger partial charge in [-0.3, -0.25) is 0 Å². The number of nitrogens with zero attached hydrogens (tertiary/aromatic N) is 1. The Balaban J connectivity index is 2.05. The number of nitriles is 1. The SMILES string of the molecule is N#CCc1ccccc1C1=Cc2ccccc2OC1. The average molecular weight is 247 g/mol. The Kier molecular flexibility index (Phi) is 3.04. The molecule has 3 rings (SSSR count). The van der Waals surface area contributed by atoms with E-state index in [2.05, 4.69) is 18.2 Å². The smallest absolute Gasteiger partial charge is 0.127 e. The molecule has 1 aliphatic rings. The Morgan fingerprint density at radius 2 is 1.84 bits per heavy atom. The van der Waals surface area contributed by atoms with Crippen LogP contribution >= 0.6 is 0 Å². The monoisotopic (exact) mass is 247 g/mol. The lowest BCUT2D eigenvalue weighted by Gasteiger charge is -2.19. The molecule has 0 radical (unpaired) electrons. The van der Waals surface area contributed by atoms with Gasteiger partial charge in [0, 0.05) is 5.56 Å². The van der Waals surface area contributed by atoms with Gasteiger partial charge in [0.1, 0.15) is 12.4 Å². The number of para-hydroxylation sites is 1. The lowest BCUT2D eigenvalue weighted by molar-refractivity contribution is 0.365. The lowest BCUT2D eigenvalue weighted by atomic mass is 9.95. The van der Waals surface area contributed by atoms with Crippen molar-refractivity contribution in [1.82, 2.24) is 0 Å². The average Bonchev–Trinajstić information content (AvgIpc) is 2.48. The Morgan fingerprint density at radius 1 is 1.05 bits per heavy atom. The molecule has 0 saturated heterocycles. The van der Waals surface area contributed by atoms with Crippen LogP contribution in [0.1, 0.15) is 16.7 Å². The minimum absolute atomic E-state index is 0.426. The number of fused-ring (bicyclic) bond motifs is 1. The third-order valence-corrected chi connectivity index (χ3v) is 3.26. The van der Waals surface area contributed by atoms with Crippen molar-refractivity contribution in [3.63, 3.8) is 0 Å². The Hall–Kier alpha value is -2.53. The molecule has 0 atom stereocenters. The first kappa shape index (κ1) is 11.6. The van der Waals surface area contributed by atoms with Gasteiger partial charge in [0.05, 0.1) is 12.5 Å². The molecule has 0 N–H and O–H groups in total. The van der Waals surface area contributed by atoms with Gasteiger partial charge in [0.2, 0.25) is 0 Å². The molecule has 92 valence electrons. The molecule has 1 aliphatic heterocycles. The van der Waals surface area contributed by atoms with E-state index in [0.29, 0.717) is 13.0 Å². The fourth-order valence-corrected chi connectivity index (χ4v) is 2.34. The van der Waals surface area contributed by atoms with Crippen LogP contribution in [0.15, 0.2) is 48.5 Å². The summed E-state index contributed by atoms with van der Waals surface area (Å²) in [5, 5.41) is 8.90. The van der Waals surface area contributed by atoms with Crippen LogP contribution in [0.2, 0.25) is 0 Å². The number of benzene rings is 2. The Bertz CT molecular complexity index is 680. The first-order chi connectivity index (χ1) is 9.38. The highest BCUT2D eigenvalue weighted by Gasteiger charge is 2.14. The summed E-state index contributed by atoms with van der Waals surface area (Å²) >= 11 is 0. The van der Waals surface area contributed by atoms with Crippen molar-refractivity contribution >= 4 is 11.6 Å². The summed E-state index contributed by atoms with van der Waals surface area (Å²) in [6.07, 6.45) is 2.57. The Labute approximate surface area is 112 Å². The summed E-state index contributed by atoms with van der Waals surface area (Å²) in [5.41, 5.74) is 4.39. The van der Waals surface area contributed by atoms with Crippen LogP contribution in [-0.4, -0.2) is 6.61 Å². The highest BCUT2D eigenvalue weighted by Crippen LogP contribution is 2.31. The Morgan fingerprint density at radius 3 is 2.74 bits per heavy atom. The molecule has 0 unspecified atom stereocenters. The molecule has 2 nitrogen and oxygen atoms in total. The molecule has 2 heteroatoms. The normalized spacial score (nSPS) is 12.9. The van der Waals surface area contributed by atoms with Crippen LogP contribution < -0.4 is 4.74 Å². The van der Waals surface area contributed by atoms with Gasteiger partial charge in [0.25, 0.3) is 0 Å². The van der Waals surface area contributed by atoms with Gasteiger partial charge in [-0.2, -0.15) is 5.26 Å². The van der Waals surface area contributed by atoms with Crippen LogP contribution in [0.5, 0.6) is 5.75 Å². The van der Waals surface area contributed by atoms with E-state index < -0.39 is 0 Å². The fourth-order valence-electron chi connectivity index (χ4n) is 2.34. The molecule has 0 saturated carbocycles. The molecule has 19 heavy (non-hydrogen) atoms. The summed E-state index contributed by atoms with van der Waals surface area (Å²) in [6.45, 7) is 0.555. The highest BCUT2D eigenvalue weighted by atomic mass is 16.5. The zero-order valence-corrected chi connectivity index (χ0v) is 10.5. The van der Waals surface area contributed by atoms with Crippen LogP contribution in [0.25, 0.3) is 11.6 Å². The van der Waals surface area contributed by atoms with Crippen LogP contribution in [-0.2, 0) is 6.42 Å². The van der Waals surface area contributed by atoms with Gasteiger partial charge in [-0.25, -0.2) is 0 Å². The number of ether oxygens (including phenoxy) is 1. The maximum Gasteiger partial charge on any atom is 0.127 e. The van der Waals surface area contributed by atoms with Gasteiger partial charge in [-0.1, -0.05) is 42.5 Å². The largest absolute Gasteiger partial charge is 0.488 e. The number of hydrogen-bond donors (Lipinski definition) is 0. The van der Waals surface area contributed by atoms with Crippen molar-refractivity contribution in [3.05, 3.63) is 65.2 Å². The zero-order valence-electron chi connectivity index (χ0n) is 10.5. The van der Waals surface area contributed by atoms with Crippen molar-refractivity contribution in [1.29, 1.82) is 5.26 Å². The van der Waals surface area contributed by atoms with E-state index in [9.17, 15) is 0 Å². The molecule has 0 amide bonds. The van der Waals surface area contributed by atoms with Gasteiger partial charge in [-0.05, 0) is 28.8 Å². The third-order valence-electron chi connectivity index (χ3n) is 3.26. The van der Waals surface area contributed by atoms with Crippen molar-refractivity contribution < 1.29 is 4.74 Å². The summed E-state index contributed by atoms with van der Waals surface area (Å²) in [6, 6.07) is 18.2. The van der Waals surface area contributed by atoms with E-state index in [0.717, 1.165) is 28.0 Å². The predicted octanol–water partition coefficient (Wildman–Crippen LogP) is 3.69. The molecule has 0 aliphatic carbocycles. The molecular weight excluding hydrogens is 234 g/mol. The standard InChI is InChI=1S/C17H13NO/c18-10-9-13-5-1-3-7-16(13)15-11-14-6-2-4-8-17(14)19-12-15/h1-8,11H,9,12H2. The number of hydrogen-bond acceptors (Lipinski definition) is 2. The predicted molar refractivity (Wildman–Crippen MR) is 75.6 cm³/mol. The first-order valence-corrected chi connectivity index (χ1v) is 6.26.